The van der Waals surface area contributed by atoms with Crippen molar-refractivity contribution < 1.29 is 9.53 Å². The Hall–Kier alpha value is -1.43. The molecule has 1 aromatic carbocycles. The van der Waals surface area contributed by atoms with Crippen molar-refractivity contribution >= 4 is 5.91 Å². The molecular weight excluding hydrogens is 326 g/mol. The van der Waals surface area contributed by atoms with Crippen LogP contribution in [0.3, 0.4) is 0 Å². The van der Waals surface area contributed by atoms with E-state index in [9.17, 15) is 4.79 Å². The molecule has 2 aliphatic rings. The third-order valence-electron chi connectivity index (χ3n) is 5.73. The predicted octanol–water partition coefficient (Wildman–Crippen LogP) is 2.26. The summed E-state index contributed by atoms with van der Waals surface area (Å²) in [4.78, 5) is 17.3. The monoisotopic (exact) mass is 359 g/mol. The first-order valence-electron chi connectivity index (χ1n) is 10.1. The quantitative estimate of drug-likeness (QED) is 0.846. The first-order chi connectivity index (χ1) is 12.7. The Labute approximate surface area is 157 Å². The number of morpholine rings is 1. The lowest BCUT2D eigenvalue weighted by atomic mass is 9.98. The fourth-order valence-corrected chi connectivity index (χ4v) is 3.79. The number of carbonyl (C=O) groups excluding carboxylic acids is 1. The molecule has 5 nitrogen and oxygen atoms in total. The molecule has 1 unspecified atom stereocenters. The van der Waals surface area contributed by atoms with Crippen molar-refractivity contribution in [2.24, 2.45) is 5.92 Å². The third kappa shape index (κ3) is 5.29. The molecule has 0 spiro atoms. The maximum atomic E-state index is 12.5. The Morgan fingerprint density at radius 3 is 2.62 bits per heavy atom. The lowest BCUT2D eigenvalue weighted by molar-refractivity contribution is -0.138. The summed E-state index contributed by atoms with van der Waals surface area (Å²) in [6.07, 6.45) is 2.22. The highest BCUT2D eigenvalue weighted by molar-refractivity contribution is 5.81. The van der Waals surface area contributed by atoms with Crippen LogP contribution < -0.4 is 5.32 Å². The summed E-state index contributed by atoms with van der Waals surface area (Å²) in [5.41, 5.74) is 2.53. The van der Waals surface area contributed by atoms with E-state index in [-0.39, 0.29) is 12.0 Å². The van der Waals surface area contributed by atoms with E-state index in [0.29, 0.717) is 19.7 Å². The van der Waals surface area contributed by atoms with Crippen LogP contribution in [0.2, 0.25) is 0 Å². The zero-order chi connectivity index (χ0) is 18.4. The molecule has 2 saturated heterocycles. The maximum Gasteiger partial charge on any atom is 0.250 e. The van der Waals surface area contributed by atoms with E-state index in [1.807, 2.05) is 0 Å². The number of benzene rings is 1. The van der Waals surface area contributed by atoms with Crippen LogP contribution in [0.1, 0.15) is 37.8 Å². The van der Waals surface area contributed by atoms with E-state index in [1.165, 1.54) is 37.1 Å². The van der Waals surface area contributed by atoms with Gasteiger partial charge in [-0.05, 0) is 49.5 Å². The highest BCUT2D eigenvalue weighted by atomic mass is 16.5. The average Bonchev–Trinajstić information content (AvgIpc) is 2.69. The van der Waals surface area contributed by atoms with E-state index in [1.54, 1.807) is 0 Å². The fraction of sp³-hybridized carbons (Fsp3) is 0.667. The zero-order valence-electron chi connectivity index (χ0n) is 16.2. The predicted molar refractivity (Wildman–Crippen MR) is 104 cm³/mol. The number of rotatable bonds is 6. The molecule has 0 aromatic heterocycles. The molecule has 2 fully saturated rings. The highest BCUT2D eigenvalue weighted by Gasteiger charge is 2.25. The van der Waals surface area contributed by atoms with Crippen molar-refractivity contribution in [3.8, 4) is 0 Å². The van der Waals surface area contributed by atoms with Gasteiger partial charge >= 0.3 is 0 Å². The molecule has 1 N–H and O–H groups in total. The van der Waals surface area contributed by atoms with E-state index in [0.717, 1.165) is 25.6 Å². The molecule has 1 aromatic rings. The lowest BCUT2D eigenvalue weighted by Crippen LogP contribution is -2.49. The number of likely N-dealkylation sites (N-methyl/N-ethyl adjacent to an activating group) is 1. The normalized spacial score (nSPS) is 23.1. The molecule has 26 heavy (non-hydrogen) atoms. The Morgan fingerprint density at radius 2 is 1.88 bits per heavy atom. The van der Waals surface area contributed by atoms with Gasteiger partial charge in [0.1, 0.15) is 6.10 Å². The standard InChI is InChI=1S/C21H33N3O2/c1-3-23-12-13-26-20(16-23)21(25)22-14-18-6-4-5-7-19(18)15-24-10-8-17(2)9-11-24/h4-7,17,20H,3,8-16H2,1-2H3,(H,22,25). The number of amides is 1. The second-order valence-corrected chi connectivity index (χ2v) is 7.70. The largest absolute Gasteiger partial charge is 0.366 e. The van der Waals surface area contributed by atoms with Crippen LogP contribution in [0, 0.1) is 5.92 Å². The van der Waals surface area contributed by atoms with Crippen LogP contribution in [0.25, 0.3) is 0 Å². The SMILES string of the molecule is CCN1CCOC(C(=O)NCc2ccccc2CN2CCC(C)CC2)C1. The third-order valence-corrected chi connectivity index (χ3v) is 5.73. The van der Waals surface area contributed by atoms with Crippen molar-refractivity contribution in [3.05, 3.63) is 35.4 Å². The number of nitrogens with zero attached hydrogens (tertiary/aromatic N) is 2. The summed E-state index contributed by atoms with van der Waals surface area (Å²) in [6, 6.07) is 8.47. The fourth-order valence-electron chi connectivity index (χ4n) is 3.79. The van der Waals surface area contributed by atoms with Crippen molar-refractivity contribution in [2.75, 3.05) is 39.3 Å². The number of carbonyl (C=O) groups is 1. The van der Waals surface area contributed by atoms with Crippen LogP contribution in [0.4, 0.5) is 0 Å². The van der Waals surface area contributed by atoms with Crippen molar-refractivity contribution in [1.82, 2.24) is 15.1 Å². The number of hydrogen-bond donors (Lipinski definition) is 1. The smallest absolute Gasteiger partial charge is 0.250 e. The summed E-state index contributed by atoms with van der Waals surface area (Å²) in [5.74, 6) is 0.851. The maximum absolute atomic E-state index is 12.5. The van der Waals surface area contributed by atoms with E-state index < -0.39 is 0 Å². The summed E-state index contributed by atoms with van der Waals surface area (Å²) in [7, 11) is 0. The van der Waals surface area contributed by atoms with Gasteiger partial charge in [0.25, 0.3) is 5.91 Å². The number of likely N-dealkylation sites (tertiary alicyclic amines) is 1. The van der Waals surface area contributed by atoms with Gasteiger partial charge in [0.15, 0.2) is 0 Å². The number of nitrogens with one attached hydrogen (secondary N) is 1. The van der Waals surface area contributed by atoms with Gasteiger partial charge in [0.05, 0.1) is 6.61 Å². The molecule has 0 radical (unpaired) electrons. The molecule has 1 atom stereocenters. The second kappa shape index (κ2) is 9.49. The van der Waals surface area contributed by atoms with E-state index >= 15 is 0 Å². The first kappa shape index (κ1) is 19.3. The van der Waals surface area contributed by atoms with Gasteiger partial charge in [-0.25, -0.2) is 0 Å². The number of piperidine rings is 1. The molecule has 5 heteroatoms. The molecule has 1 amide bonds. The van der Waals surface area contributed by atoms with Gasteiger partial charge in [-0.2, -0.15) is 0 Å². The van der Waals surface area contributed by atoms with Crippen LogP contribution in [-0.2, 0) is 22.6 Å². The summed E-state index contributed by atoms with van der Waals surface area (Å²) in [6.45, 7) is 11.6. The minimum absolute atomic E-state index is 0.00440. The highest BCUT2D eigenvalue weighted by Crippen LogP contribution is 2.19. The molecular formula is C21H33N3O2. The molecule has 0 bridgehead atoms. The van der Waals surface area contributed by atoms with Gasteiger partial charge in [0.2, 0.25) is 0 Å². The zero-order valence-corrected chi connectivity index (χ0v) is 16.2. The van der Waals surface area contributed by atoms with Crippen molar-refractivity contribution in [2.45, 2.75) is 45.9 Å². The van der Waals surface area contributed by atoms with Crippen LogP contribution in [-0.4, -0.2) is 61.1 Å². The molecule has 3 rings (SSSR count). The summed E-state index contributed by atoms with van der Waals surface area (Å²) < 4.78 is 5.66. The Morgan fingerprint density at radius 1 is 1.15 bits per heavy atom. The second-order valence-electron chi connectivity index (χ2n) is 7.70. The van der Waals surface area contributed by atoms with Crippen LogP contribution >= 0.6 is 0 Å². The van der Waals surface area contributed by atoms with Crippen LogP contribution in [0.15, 0.2) is 24.3 Å². The molecule has 2 heterocycles. The van der Waals surface area contributed by atoms with Crippen molar-refractivity contribution in [3.63, 3.8) is 0 Å². The van der Waals surface area contributed by atoms with Crippen LogP contribution in [0.5, 0.6) is 0 Å². The number of ether oxygens (including phenoxy) is 1. The number of hydrogen-bond acceptors (Lipinski definition) is 4. The van der Waals surface area contributed by atoms with E-state index in [2.05, 4.69) is 53.2 Å². The Bertz CT molecular complexity index is 584. The Balaban J connectivity index is 1.54. The van der Waals surface area contributed by atoms with Crippen molar-refractivity contribution in [1.29, 1.82) is 0 Å². The summed E-state index contributed by atoms with van der Waals surface area (Å²) >= 11 is 0. The molecule has 144 valence electrons. The van der Waals surface area contributed by atoms with Gasteiger partial charge in [-0.1, -0.05) is 38.1 Å². The minimum Gasteiger partial charge on any atom is -0.366 e. The molecule has 0 aliphatic carbocycles. The lowest BCUT2D eigenvalue weighted by Gasteiger charge is -2.31. The average molecular weight is 360 g/mol. The molecule has 0 saturated carbocycles. The van der Waals surface area contributed by atoms with Gasteiger partial charge in [-0.3, -0.25) is 14.6 Å². The summed E-state index contributed by atoms with van der Waals surface area (Å²) in [5, 5.41) is 3.09. The first-order valence-corrected chi connectivity index (χ1v) is 10.1. The van der Waals surface area contributed by atoms with E-state index in [4.69, 9.17) is 4.74 Å². The van der Waals surface area contributed by atoms with Gasteiger partial charge in [-0.15, -0.1) is 0 Å². The van der Waals surface area contributed by atoms with Gasteiger partial charge < -0.3 is 10.1 Å². The minimum atomic E-state index is -0.348. The molecule has 2 aliphatic heterocycles. The Kier molecular flexibility index (Phi) is 7.06. The van der Waals surface area contributed by atoms with Gasteiger partial charge in [0, 0.05) is 26.2 Å². The topological polar surface area (TPSA) is 44.8 Å².